The third-order valence-electron chi connectivity index (χ3n) is 0.921. The van der Waals surface area contributed by atoms with Gasteiger partial charge in [-0.2, -0.15) is 0 Å². The number of rotatable bonds is 6. The zero-order valence-electron chi connectivity index (χ0n) is 8.77. The Morgan fingerprint density at radius 3 is 1.86 bits per heavy atom. The van der Waals surface area contributed by atoms with Crippen molar-refractivity contribution < 1.29 is 18.1 Å². The molecule has 0 atom stereocenters. The second-order valence-electron chi connectivity index (χ2n) is 3.12. The van der Waals surface area contributed by atoms with Crippen molar-refractivity contribution in [2.45, 2.75) is 39.9 Å². The van der Waals surface area contributed by atoms with Gasteiger partial charge in [0.2, 0.25) is 0 Å². The lowest BCUT2D eigenvalue weighted by molar-refractivity contribution is 0.0936. The van der Waals surface area contributed by atoms with Crippen LogP contribution in [0, 0.1) is 0 Å². The summed E-state index contributed by atoms with van der Waals surface area (Å²) in [6, 6.07) is 0. The number of phosphoric ester groups is 1. The van der Waals surface area contributed by atoms with Gasteiger partial charge in [0.05, 0.1) is 12.2 Å². The van der Waals surface area contributed by atoms with Crippen LogP contribution in [0.4, 0.5) is 0 Å². The zero-order chi connectivity index (χ0) is 11.2. The van der Waals surface area contributed by atoms with Crippen LogP contribution in [0.25, 0.3) is 0 Å². The number of hydrogen-bond donors (Lipinski definition) is 0. The molecule has 0 unspecified atom stereocenters. The Morgan fingerprint density at radius 1 is 1.14 bits per heavy atom. The van der Waals surface area contributed by atoms with E-state index in [1.807, 2.05) is 0 Å². The van der Waals surface area contributed by atoms with Crippen molar-refractivity contribution in [1.29, 1.82) is 0 Å². The van der Waals surface area contributed by atoms with Crippen LogP contribution in [0.1, 0.15) is 27.7 Å². The summed E-state index contributed by atoms with van der Waals surface area (Å²) in [5.41, 5.74) is 1.10. The molecule has 0 aliphatic rings. The van der Waals surface area contributed by atoms with Crippen molar-refractivity contribution in [3.8, 4) is 0 Å². The fourth-order valence-electron chi connectivity index (χ4n) is 0.688. The predicted molar refractivity (Wildman–Crippen MR) is 56.1 cm³/mol. The summed E-state index contributed by atoms with van der Waals surface area (Å²) in [6.07, 6.45) is 0.583. The highest BCUT2D eigenvalue weighted by atomic mass is 35.5. The largest absolute Gasteiger partial charge is 0.530 e. The monoisotopic (exact) mass is 242 g/mol. The molecule has 0 bridgehead atoms. The van der Waals surface area contributed by atoms with Gasteiger partial charge >= 0.3 is 7.82 Å². The quantitative estimate of drug-likeness (QED) is 0.527. The second-order valence-corrected chi connectivity index (χ2v) is 4.90. The molecule has 0 aliphatic carbocycles. The van der Waals surface area contributed by atoms with E-state index >= 15 is 0 Å². The maximum Gasteiger partial charge on any atom is 0.530 e. The van der Waals surface area contributed by atoms with Crippen molar-refractivity contribution in [2.75, 3.05) is 0 Å². The molecule has 0 saturated heterocycles. The molecule has 0 aromatic rings. The topological polar surface area (TPSA) is 44.8 Å². The Morgan fingerprint density at radius 2 is 1.57 bits per heavy atom. The summed E-state index contributed by atoms with van der Waals surface area (Å²) in [4.78, 5) is 0. The summed E-state index contributed by atoms with van der Waals surface area (Å²) in [5.74, 6) is 0. The normalized spacial score (nSPS) is 13.1. The molecule has 0 amide bonds. The molecule has 4 nitrogen and oxygen atoms in total. The fourth-order valence-corrected chi connectivity index (χ4v) is 2.20. The third kappa shape index (κ3) is 6.44. The first-order chi connectivity index (χ1) is 6.39. The summed E-state index contributed by atoms with van der Waals surface area (Å²) < 4.78 is 26.7. The smallest absolute Gasteiger partial charge is 0.411 e. The van der Waals surface area contributed by atoms with E-state index in [2.05, 4.69) is 0 Å². The lowest BCUT2D eigenvalue weighted by atomic mass is 10.5. The fraction of sp³-hybridized carbons (Fsp3) is 0.750. The molecule has 0 heterocycles. The highest BCUT2D eigenvalue weighted by Gasteiger charge is 2.29. The Kier molecular flexibility index (Phi) is 6.45. The van der Waals surface area contributed by atoms with E-state index in [1.165, 1.54) is 0 Å². The summed E-state index contributed by atoms with van der Waals surface area (Å²) in [6.45, 7) is 6.96. The van der Waals surface area contributed by atoms with Gasteiger partial charge in [-0.1, -0.05) is 11.6 Å². The van der Waals surface area contributed by atoms with Crippen molar-refractivity contribution in [3.63, 3.8) is 0 Å². The highest BCUT2D eigenvalue weighted by Crippen LogP contribution is 2.51. The molecule has 14 heavy (non-hydrogen) atoms. The van der Waals surface area contributed by atoms with E-state index in [0.29, 0.717) is 0 Å². The van der Waals surface area contributed by atoms with Gasteiger partial charge in [-0.15, -0.1) is 0 Å². The Bertz CT molecular complexity index is 213. The maximum atomic E-state index is 11.8. The minimum absolute atomic E-state index is 0.247. The van der Waals surface area contributed by atoms with E-state index in [9.17, 15) is 4.57 Å². The van der Waals surface area contributed by atoms with Gasteiger partial charge in [-0.25, -0.2) is 4.57 Å². The lowest BCUT2D eigenvalue weighted by Crippen LogP contribution is -2.08. The minimum atomic E-state index is -3.52. The first kappa shape index (κ1) is 14.0. The molecule has 6 heteroatoms. The van der Waals surface area contributed by atoms with Gasteiger partial charge in [0, 0.05) is 5.54 Å². The van der Waals surface area contributed by atoms with Gasteiger partial charge in [0.25, 0.3) is 0 Å². The van der Waals surface area contributed by atoms with Crippen molar-refractivity contribution in [3.05, 3.63) is 11.8 Å². The first-order valence-electron chi connectivity index (χ1n) is 4.30. The van der Waals surface area contributed by atoms with Crippen LogP contribution < -0.4 is 0 Å². The maximum absolute atomic E-state index is 11.8. The Labute approximate surface area is 89.8 Å². The molecule has 0 aromatic heterocycles. The summed E-state index contributed by atoms with van der Waals surface area (Å²) >= 11 is 5.24. The molecular weight excluding hydrogens is 227 g/mol. The lowest BCUT2D eigenvalue weighted by Gasteiger charge is -2.20. The van der Waals surface area contributed by atoms with Crippen LogP contribution >= 0.6 is 19.4 Å². The average Bonchev–Trinajstić information content (AvgIpc) is 1.97. The molecule has 0 N–H and O–H groups in total. The molecule has 0 fully saturated rings. The third-order valence-corrected chi connectivity index (χ3v) is 2.76. The second kappa shape index (κ2) is 6.46. The molecule has 84 valence electrons. The number of hydrogen-bond acceptors (Lipinski definition) is 4. The summed E-state index contributed by atoms with van der Waals surface area (Å²) in [5, 5.41) is 0. The molecule has 0 rings (SSSR count). The van der Waals surface area contributed by atoms with Crippen molar-refractivity contribution in [2.24, 2.45) is 0 Å². The number of phosphoric acid groups is 1. The Balaban J connectivity index is 4.41. The van der Waals surface area contributed by atoms with Crippen LogP contribution in [-0.2, 0) is 18.1 Å². The van der Waals surface area contributed by atoms with Crippen molar-refractivity contribution >= 4 is 19.4 Å². The SMILES string of the molecule is CC(C)OP(=O)(O/C=C/Cl)OC(C)C. The average molecular weight is 243 g/mol. The van der Waals surface area contributed by atoms with E-state index in [4.69, 9.17) is 25.2 Å². The molecule has 0 spiro atoms. The van der Waals surface area contributed by atoms with Gasteiger partial charge in [-0.3, -0.25) is 9.05 Å². The van der Waals surface area contributed by atoms with Crippen LogP contribution in [0.2, 0.25) is 0 Å². The zero-order valence-corrected chi connectivity index (χ0v) is 10.4. The van der Waals surface area contributed by atoms with Gasteiger partial charge in [-0.05, 0) is 27.7 Å². The Hall–Kier alpha value is -0.0200. The highest BCUT2D eigenvalue weighted by molar-refractivity contribution is 7.48. The van der Waals surface area contributed by atoms with Gasteiger partial charge < -0.3 is 4.52 Å². The minimum Gasteiger partial charge on any atom is -0.411 e. The van der Waals surface area contributed by atoms with Gasteiger partial charge in [0.1, 0.15) is 6.26 Å². The van der Waals surface area contributed by atoms with E-state index in [1.54, 1.807) is 27.7 Å². The first-order valence-corrected chi connectivity index (χ1v) is 6.20. The number of halogens is 1. The molecule has 0 radical (unpaired) electrons. The molecule has 0 aliphatic heterocycles. The predicted octanol–water partition coefficient (Wildman–Crippen LogP) is 3.67. The van der Waals surface area contributed by atoms with Crippen LogP contribution in [0.3, 0.4) is 0 Å². The molecule has 0 aromatic carbocycles. The standard InChI is InChI=1S/C8H16ClO4P/c1-7(2)12-14(10,11-6-5-9)13-8(3)4/h5-8H,1-4H3/b6-5+. The van der Waals surface area contributed by atoms with Crippen LogP contribution in [0.5, 0.6) is 0 Å². The summed E-state index contributed by atoms with van der Waals surface area (Å²) in [7, 11) is -3.52. The van der Waals surface area contributed by atoms with E-state index in [0.717, 1.165) is 11.8 Å². The van der Waals surface area contributed by atoms with Gasteiger partial charge in [0.15, 0.2) is 0 Å². The van der Waals surface area contributed by atoms with Crippen molar-refractivity contribution in [1.82, 2.24) is 0 Å². The van der Waals surface area contributed by atoms with Crippen LogP contribution in [0.15, 0.2) is 11.8 Å². The molecular formula is C8H16ClO4P. The molecule has 0 saturated carbocycles. The van der Waals surface area contributed by atoms with Crippen LogP contribution in [-0.4, -0.2) is 12.2 Å². The van der Waals surface area contributed by atoms with E-state index in [-0.39, 0.29) is 12.2 Å². The van der Waals surface area contributed by atoms with E-state index < -0.39 is 7.82 Å².